The SMILES string of the molecule is O=C(CSc1ccccc1)OCc1nc2scc(-c3ccccc3)c2c(=O)[nH]1. The molecule has 0 radical (unpaired) electrons. The number of ether oxygens (including phenoxy) is 1. The Labute approximate surface area is 169 Å². The first-order valence-corrected chi connectivity index (χ1v) is 10.5. The zero-order valence-electron chi connectivity index (χ0n) is 14.8. The van der Waals surface area contributed by atoms with E-state index in [9.17, 15) is 9.59 Å². The maximum absolute atomic E-state index is 12.6. The maximum atomic E-state index is 12.6. The molecule has 4 aromatic rings. The van der Waals surface area contributed by atoms with E-state index in [2.05, 4.69) is 9.97 Å². The molecule has 0 amide bonds. The molecule has 0 fully saturated rings. The number of fused-ring (bicyclic) bond motifs is 1. The number of carbonyl (C=O) groups excluding carboxylic acids is 1. The van der Waals surface area contributed by atoms with Gasteiger partial charge < -0.3 is 9.72 Å². The van der Waals surface area contributed by atoms with Gasteiger partial charge in [0.25, 0.3) is 5.56 Å². The summed E-state index contributed by atoms with van der Waals surface area (Å²) in [6.45, 7) is -0.0576. The van der Waals surface area contributed by atoms with Crippen molar-refractivity contribution >= 4 is 39.3 Å². The molecular formula is C21H16N2O3S2. The molecule has 0 saturated carbocycles. The third kappa shape index (κ3) is 4.16. The van der Waals surface area contributed by atoms with E-state index >= 15 is 0 Å². The Morgan fingerprint density at radius 1 is 1.07 bits per heavy atom. The third-order valence-electron chi connectivity index (χ3n) is 4.05. The van der Waals surface area contributed by atoms with E-state index in [1.165, 1.54) is 23.1 Å². The molecule has 0 aliphatic rings. The molecule has 0 spiro atoms. The molecule has 0 saturated heterocycles. The Bertz CT molecular complexity index is 1150. The van der Waals surface area contributed by atoms with Crippen LogP contribution in [0.15, 0.2) is 75.7 Å². The van der Waals surface area contributed by atoms with Crippen LogP contribution < -0.4 is 5.56 Å². The quantitative estimate of drug-likeness (QED) is 0.376. The van der Waals surface area contributed by atoms with Gasteiger partial charge in [-0.25, -0.2) is 4.98 Å². The number of nitrogens with zero attached hydrogens (tertiary/aromatic N) is 1. The molecular weight excluding hydrogens is 392 g/mol. The van der Waals surface area contributed by atoms with Crippen LogP contribution in [0.3, 0.4) is 0 Å². The number of aromatic amines is 1. The highest BCUT2D eigenvalue weighted by Crippen LogP contribution is 2.30. The Balaban J connectivity index is 1.45. The lowest BCUT2D eigenvalue weighted by atomic mass is 10.1. The lowest BCUT2D eigenvalue weighted by molar-refractivity contribution is -0.141. The van der Waals surface area contributed by atoms with E-state index < -0.39 is 0 Å². The number of esters is 1. The van der Waals surface area contributed by atoms with Gasteiger partial charge in [0.2, 0.25) is 0 Å². The first-order valence-electron chi connectivity index (χ1n) is 8.60. The topological polar surface area (TPSA) is 72.0 Å². The summed E-state index contributed by atoms with van der Waals surface area (Å²) in [6.07, 6.45) is 0. The van der Waals surface area contributed by atoms with Gasteiger partial charge in [-0.05, 0) is 17.7 Å². The number of thioether (sulfide) groups is 1. The molecule has 7 heteroatoms. The number of aromatic nitrogens is 2. The first kappa shape index (κ1) is 18.5. The maximum Gasteiger partial charge on any atom is 0.316 e. The van der Waals surface area contributed by atoms with E-state index in [4.69, 9.17) is 4.74 Å². The second-order valence-electron chi connectivity index (χ2n) is 5.97. The lowest BCUT2D eigenvalue weighted by Gasteiger charge is -2.05. The summed E-state index contributed by atoms with van der Waals surface area (Å²) in [5.41, 5.74) is 1.60. The average Bonchev–Trinajstić information content (AvgIpc) is 3.17. The fourth-order valence-electron chi connectivity index (χ4n) is 2.74. The second-order valence-corrected chi connectivity index (χ2v) is 7.88. The van der Waals surface area contributed by atoms with E-state index in [0.717, 1.165) is 16.0 Å². The molecule has 2 aromatic heterocycles. The van der Waals surface area contributed by atoms with Gasteiger partial charge >= 0.3 is 5.97 Å². The van der Waals surface area contributed by atoms with Crippen LogP contribution in [0.2, 0.25) is 0 Å². The fraction of sp³-hybridized carbons (Fsp3) is 0.0952. The third-order valence-corrected chi connectivity index (χ3v) is 5.91. The largest absolute Gasteiger partial charge is 0.457 e. The minimum Gasteiger partial charge on any atom is -0.457 e. The number of hydrogen-bond donors (Lipinski definition) is 1. The van der Waals surface area contributed by atoms with Crippen molar-refractivity contribution < 1.29 is 9.53 Å². The van der Waals surface area contributed by atoms with Crippen molar-refractivity contribution in [3.05, 3.63) is 82.2 Å². The van der Waals surface area contributed by atoms with E-state index in [1.54, 1.807) is 0 Å². The van der Waals surface area contributed by atoms with Gasteiger partial charge in [0.15, 0.2) is 0 Å². The summed E-state index contributed by atoms with van der Waals surface area (Å²) in [5.74, 6) is 0.193. The zero-order valence-corrected chi connectivity index (χ0v) is 16.4. The molecule has 2 heterocycles. The van der Waals surface area contributed by atoms with Crippen molar-refractivity contribution in [2.75, 3.05) is 5.75 Å². The van der Waals surface area contributed by atoms with Gasteiger partial charge in [-0.15, -0.1) is 23.1 Å². The van der Waals surface area contributed by atoms with Crippen molar-refractivity contribution in [3.8, 4) is 11.1 Å². The van der Waals surface area contributed by atoms with Gasteiger partial charge in [-0.3, -0.25) is 9.59 Å². The van der Waals surface area contributed by atoms with Crippen LogP contribution in [0.4, 0.5) is 0 Å². The summed E-state index contributed by atoms with van der Waals surface area (Å²) < 4.78 is 5.26. The molecule has 1 N–H and O–H groups in total. The van der Waals surface area contributed by atoms with Gasteiger partial charge in [-0.1, -0.05) is 48.5 Å². The molecule has 4 rings (SSSR count). The molecule has 0 bridgehead atoms. The Kier molecular flexibility index (Phi) is 5.55. The van der Waals surface area contributed by atoms with Crippen LogP contribution in [-0.4, -0.2) is 21.7 Å². The van der Waals surface area contributed by atoms with E-state index in [0.29, 0.717) is 16.0 Å². The Morgan fingerprint density at radius 2 is 1.79 bits per heavy atom. The highest BCUT2D eigenvalue weighted by atomic mass is 32.2. The molecule has 2 aromatic carbocycles. The molecule has 0 aliphatic carbocycles. The summed E-state index contributed by atoms with van der Waals surface area (Å²) in [5, 5.41) is 2.49. The lowest BCUT2D eigenvalue weighted by Crippen LogP contribution is -2.14. The predicted octanol–water partition coefficient (Wildman–Crippen LogP) is 4.49. The van der Waals surface area contributed by atoms with Crippen LogP contribution in [0.1, 0.15) is 5.82 Å². The molecule has 140 valence electrons. The van der Waals surface area contributed by atoms with Gasteiger partial charge in [0.1, 0.15) is 17.3 Å². The second kappa shape index (κ2) is 8.41. The Morgan fingerprint density at radius 3 is 2.54 bits per heavy atom. The van der Waals surface area contributed by atoms with Gasteiger partial charge in [-0.2, -0.15) is 0 Å². The van der Waals surface area contributed by atoms with Crippen molar-refractivity contribution in [3.63, 3.8) is 0 Å². The minimum atomic E-state index is -0.354. The van der Waals surface area contributed by atoms with Crippen molar-refractivity contribution in [2.24, 2.45) is 0 Å². The standard InChI is InChI=1S/C21H16N2O3S2/c24-18(13-27-15-9-5-2-6-10-15)26-11-17-22-20(25)19-16(12-28-21(19)23-17)14-7-3-1-4-8-14/h1-10,12H,11,13H2,(H,22,23,25). The molecule has 0 aliphatic heterocycles. The number of rotatable bonds is 6. The number of thiophene rings is 1. The number of H-pyrrole nitrogens is 1. The molecule has 0 unspecified atom stereocenters. The fourth-order valence-corrected chi connectivity index (χ4v) is 4.43. The van der Waals surface area contributed by atoms with Gasteiger partial charge in [0, 0.05) is 15.8 Å². The highest BCUT2D eigenvalue weighted by molar-refractivity contribution is 8.00. The minimum absolute atomic E-state index is 0.0576. The molecule has 5 nitrogen and oxygen atoms in total. The summed E-state index contributed by atoms with van der Waals surface area (Å²) in [7, 11) is 0. The zero-order chi connectivity index (χ0) is 19.3. The summed E-state index contributed by atoms with van der Waals surface area (Å²) in [6, 6.07) is 19.4. The van der Waals surface area contributed by atoms with Crippen LogP contribution in [0.25, 0.3) is 21.3 Å². The predicted molar refractivity (Wildman–Crippen MR) is 113 cm³/mol. The Hall–Kier alpha value is -2.90. The number of nitrogens with one attached hydrogen (secondary N) is 1. The van der Waals surface area contributed by atoms with Crippen LogP contribution in [0.5, 0.6) is 0 Å². The number of benzene rings is 2. The number of hydrogen-bond acceptors (Lipinski definition) is 6. The van der Waals surface area contributed by atoms with E-state index in [1.807, 2.05) is 66.0 Å². The van der Waals surface area contributed by atoms with Crippen LogP contribution >= 0.6 is 23.1 Å². The highest BCUT2D eigenvalue weighted by Gasteiger charge is 2.13. The summed E-state index contributed by atoms with van der Waals surface area (Å²) in [4.78, 5) is 33.4. The van der Waals surface area contributed by atoms with Gasteiger partial charge in [0.05, 0.1) is 11.1 Å². The van der Waals surface area contributed by atoms with Crippen LogP contribution in [0, 0.1) is 0 Å². The molecule has 0 atom stereocenters. The summed E-state index contributed by atoms with van der Waals surface area (Å²) >= 11 is 2.81. The van der Waals surface area contributed by atoms with Crippen molar-refractivity contribution in [1.29, 1.82) is 0 Å². The number of carbonyl (C=O) groups is 1. The average molecular weight is 409 g/mol. The van der Waals surface area contributed by atoms with Crippen molar-refractivity contribution in [2.45, 2.75) is 11.5 Å². The van der Waals surface area contributed by atoms with Crippen molar-refractivity contribution in [1.82, 2.24) is 9.97 Å². The van der Waals surface area contributed by atoms with E-state index in [-0.39, 0.29) is 23.9 Å². The molecule has 28 heavy (non-hydrogen) atoms. The monoisotopic (exact) mass is 408 g/mol. The normalized spacial score (nSPS) is 10.9. The first-order chi connectivity index (χ1) is 13.7. The smallest absolute Gasteiger partial charge is 0.316 e. The van der Waals surface area contributed by atoms with Crippen LogP contribution in [-0.2, 0) is 16.1 Å².